The number of nitrogens with zero attached hydrogens (tertiary/aromatic N) is 2. The average molecular weight is 237 g/mol. The van der Waals surface area contributed by atoms with E-state index in [1.807, 2.05) is 13.8 Å². The third-order valence-electron chi connectivity index (χ3n) is 2.28. The molecule has 0 aliphatic heterocycles. The van der Waals surface area contributed by atoms with Crippen LogP contribution < -0.4 is 5.73 Å². The summed E-state index contributed by atoms with van der Waals surface area (Å²) < 4.78 is 5.67. The molecule has 2 aromatic rings. The van der Waals surface area contributed by atoms with Crippen LogP contribution in [0.2, 0.25) is 0 Å². The molecule has 2 rings (SSSR count). The van der Waals surface area contributed by atoms with E-state index in [1.54, 1.807) is 17.5 Å². The molecular formula is C11H15N3OS. The summed E-state index contributed by atoms with van der Waals surface area (Å²) in [6, 6.07) is 0. The van der Waals surface area contributed by atoms with Gasteiger partial charge in [-0.15, -0.1) is 11.3 Å². The van der Waals surface area contributed by atoms with E-state index in [0.29, 0.717) is 6.54 Å². The van der Waals surface area contributed by atoms with Crippen molar-refractivity contribution in [2.45, 2.75) is 26.7 Å². The summed E-state index contributed by atoms with van der Waals surface area (Å²) in [6.07, 6.45) is 3.47. The topological polar surface area (TPSA) is 64.9 Å². The molecule has 0 amide bonds. The Bertz CT molecular complexity index is 475. The molecule has 0 unspecified atom stereocenters. The van der Waals surface area contributed by atoms with Gasteiger partial charge in [0.1, 0.15) is 0 Å². The van der Waals surface area contributed by atoms with Crippen LogP contribution in [-0.2, 0) is 6.42 Å². The second-order valence-corrected chi connectivity index (χ2v) is 4.86. The normalized spacial score (nSPS) is 10.9. The van der Waals surface area contributed by atoms with Gasteiger partial charge in [-0.05, 0) is 26.8 Å². The molecule has 0 aliphatic carbocycles. The second kappa shape index (κ2) is 4.76. The Balaban J connectivity index is 2.21. The minimum atomic E-state index is 0.663. The minimum Gasteiger partial charge on any atom is -0.440 e. The van der Waals surface area contributed by atoms with Crippen molar-refractivity contribution in [1.29, 1.82) is 0 Å². The molecule has 4 nitrogen and oxygen atoms in total. The summed E-state index contributed by atoms with van der Waals surface area (Å²) in [4.78, 5) is 9.68. The first-order chi connectivity index (χ1) is 7.70. The van der Waals surface area contributed by atoms with Gasteiger partial charge in [-0.1, -0.05) is 0 Å². The summed E-state index contributed by atoms with van der Waals surface area (Å²) in [7, 11) is 0. The predicted octanol–water partition coefficient (Wildman–Crippen LogP) is 2.31. The van der Waals surface area contributed by atoms with E-state index in [2.05, 4.69) is 9.97 Å². The largest absolute Gasteiger partial charge is 0.440 e. The van der Waals surface area contributed by atoms with Crippen LogP contribution in [0.15, 0.2) is 10.6 Å². The predicted molar refractivity (Wildman–Crippen MR) is 64.5 cm³/mol. The van der Waals surface area contributed by atoms with Crippen molar-refractivity contribution in [3.8, 4) is 10.6 Å². The lowest BCUT2D eigenvalue weighted by molar-refractivity contribution is 0.500. The average Bonchev–Trinajstić information content (AvgIpc) is 2.82. The lowest BCUT2D eigenvalue weighted by Gasteiger charge is -1.93. The fourth-order valence-corrected chi connectivity index (χ4v) is 2.41. The van der Waals surface area contributed by atoms with Crippen LogP contribution in [0.4, 0.5) is 0 Å². The monoisotopic (exact) mass is 237 g/mol. The number of aromatic nitrogens is 2. The van der Waals surface area contributed by atoms with Crippen LogP contribution in [0.3, 0.4) is 0 Å². The Morgan fingerprint density at radius 3 is 2.88 bits per heavy atom. The number of nitrogens with two attached hydrogens (primary N) is 1. The maximum atomic E-state index is 5.67. The maximum absolute atomic E-state index is 5.67. The molecule has 0 aliphatic rings. The molecule has 2 N–H and O–H groups in total. The van der Waals surface area contributed by atoms with Crippen molar-refractivity contribution in [3.05, 3.63) is 22.8 Å². The van der Waals surface area contributed by atoms with Crippen molar-refractivity contribution in [1.82, 2.24) is 9.97 Å². The summed E-state index contributed by atoms with van der Waals surface area (Å²) in [6.45, 7) is 4.64. The Labute approximate surface area is 98.5 Å². The molecule has 2 heterocycles. The number of oxazole rings is 1. The third-order valence-corrected chi connectivity index (χ3v) is 3.36. The molecule has 16 heavy (non-hydrogen) atoms. The van der Waals surface area contributed by atoms with Crippen molar-refractivity contribution in [2.24, 2.45) is 5.73 Å². The SMILES string of the molecule is Cc1nc(C)c(-c2cnc(CCCN)o2)s1. The number of hydrogen-bond acceptors (Lipinski definition) is 5. The number of hydrogen-bond donors (Lipinski definition) is 1. The third kappa shape index (κ3) is 2.31. The first kappa shape index (κ1) is 11.3. The molecule has 0 radical (unpaired) electrons. The lowest BCUT2D eigenvalue weighted by Crippen LogP contribution is -2.00. The van der Waals surface area contributed by atoms with Gasteiger partial charge in [0.2, 0.25) is 0 Å². The number of rotatable bonds is 4. The van der Waals surface area contributed by atoms with Crippen molar-refractivity contribution >= 4 is 11.3 Å². The molecular weight excluding hydrogens is 222 g/mol. The fraction of sp³-hybridized carbons (Fsp3) is 0.455. The van der Waals surface area contributed by atoms with Crippen LogP contribution in [0.5, 0.6) is 0 Å². The molecule has 0 atom stereocenters. The smallest absolute Gasteiger partial charge is 0.194 e. The zero-order valence-corrected chi connectivity index (χ0v) is 10.3. The Morgan fingerprint density at radius 2 is 2.25 bits per heavy atom. The van der Waals surface area contributed by atoms with Crippen molar-refractivity contribution < 1.29 is 4.42 Å². The minimum absolute atomic E-state index is 0.663. The van der Waals surface area contributed by atoms with Gasteiger partial charge in [-0.2, -0.15) is 0 Å². The molecule has 0 fully saturated rings. The Hall–Kier alpha value is -1.20. The maximum Gasteiger partial charge on any atom is 0.194 e. The van der Waals surface area contributed by atoms with E-state index in [0.717, 1.165) is 40.1 Å². The van der Waals surface area contributed by atoms with Gasteiger partial charge in [0.15, 0.2) is 11.7 Å². The zero-order valence-electron chi connectivity index (χ0n) is 9.49. The van der Waals surface area contributed by atoms with Crippen LogP contribution >= 0.6 is 11.3 Å². The molecule has 2 aromatic heterocycles. The van der Waals surface area contributed by atoms with E-state index in [9.17, 15) is 0 Å². The highest BCUT2D eigenvalue weighted by molar-refractivity contribution is 7.15. The van der Waals surface area contributed by atoms with Gasteiger partial charge < -0.3 is 10.2 Å². The summed E-state index contributed by atoms with van der Waals surface area (Å²) >= 11 is 1.64. The highest BCUT2D eigenvalue weighted by Crippen LogP contribution is 2.30. The fourth-order valence-electron chi connectivity index (χ4n) is 1.54. The van der Waals surface area contributed by atoms with Gasteiger partial charge in [0.05, 0.1) is 21.8 Å². The highest BCUT2D eigenvalue weighted by Gasteiger charge is 2.12. The van der Waals surface area contributed by atoms with E-state index in [-0.39, 0.29) is 0 Å². The van der Waals surface area contributed by atoms with Crippen LogP contribution in [-0.4, -0.2) is 16.5 Å². The Morgan fingerprint density at radius 1 is 1.44 bits per heavy atom. The molecule has 0 bridgehead atoms. The molecule has 5 heteroatoms. The lowest BCUT2D eigenvalue weighted by atomic mass is 10.3. The number of thiazole rings is 1. The number of aryl methyl sites for hydroxylation is 3. The molecule has 0 saturated heterocycles. The van der Waals surface area contributed by atoms with Crippen LogP contribution in [0.1, 0.15) is 23.0 Å². The van der Waals surface area contributed by atoms with Gasteiger partial charge >= 0.3 is 0 Å². The quantitative estimate of drug-likeness (QED) is 0.886. The molecule has 0 spiro atoms. The first-order valence-corrected chi connectivity index (χ1v) is 6.11. The summed E-state index contributed by atoms with van der Waals surface area (Å²) in [5, 5.41) is 1.05. The van der Waals surface area contributed by atoms with Gasteiger partial charge in [-0.3, -0.25) is 0 Å². The Kier molecular flexibility index (Phi) is 3.36. The first-order valence-electron chi connectivity index (χ1n) is 5.30. The summed E-state index contributed by atoms with van der Waals surface area (Å²) in [5.74, 6) is 1.57. The second-order valence-electron chi connectivity index (χ2n) is 3.66. The van der Waals surface area contributed by atoms with Crippen LogP contribution in [0.25, 0.3) is 10.6 Å². The zero-order chi connectivity index (χ0) is 11.5. The van der Waals surface area contributed by atoms with Crippen LogP contribution in [0, 0.1) is 13.8 Å². The summed E-state index contributed by atoms with van der Waals surface area (Å²) in [5.41, 5.74) is 6.45. The van der Waals surface area contributed by atoms with E-state index in [4.69, 9.17) is 10.2 Å². The standard InChI is InChI=1S/C11H15N3OS/c1-7-11(16-8(2)14-7)9-6-13-10(15-9)4-3-5-12/h6H,3-5,12H2,1-2H3. The van der Waals surface area contributed by atoms with E-state index >= 15 is 0 Å². The van der Waals surface area contributed by atoms with Gasteiger partial charge in [-0.25, -0.2) is 9.97 Å². The van der Waals surface area contributed by atoms with Crippen molar-refractivity contribution in [2.75, 3.05) is 6.54 Å². The van der Waals surface area contributed by atoms with Gasteiger partial charge in [0.25, 0.3) is 0 Å². The molecule has 0 aromatic carbocycles. The van der Waals surface area contributed by atoms with Gasteiger partial charge in [0, 0.05) is 6.42 Å². The highest BCUT2D eigenvalue weighted by atomic mass is 32.1. The van der Waals surface area contributed by atoms with E-state index < -0.39 is 0 Å². The molecule has 0 saturated carbocycles. The van der Waals surface area contributed by atoms with Crippen molar-refractivity contribution in [3.63, 3.8) is 0 Å². The van der Waals surface area contributed by atoms with E-state index in [1.165, 1.54) is 0 Å². The molecule has 86 valence electrons.